The summed E-state index contributed by atoms with van der Waals surface area (Å²) in [6.45, 7) is 6.50. The molecule has 2 aromatic heterocycles. The van der Waals surface area contributed by atoms with Gasteiger partial charge in [0, 0.05) is 18.3 Å². The third-order valence-corrected chi connectivity index (χ3v) is 3.82. The van der Waals surface area contributed by atoms with Crippen molar-refractivity contribution in [2.24, 2.45) is 4.99 Å². The molecule has 3 rings (SSSR count). The number of pyridine rings is 1. The monoisotopic (exact) mass is 352 g/mol. The zero-order chi connectivity index (χ0) is 18.2. The number of guanidine groups is 1. The second-order valence-corrected chi connectivity index (χ2v) is 5.63. The van der Waals surface area contributed by atoms with Gasteiger partial charge in [0.05, 0.1) is 19.7 Å². The van der Waals surface area contributed by atoms with Gasteiger partial charge >= 0.3 is 0 Å². The molecule has 0 saturated heterocycles. The molecule has 3 aromatic rings. The van der Waals surface area contributed by atoms with Gasteiger partial charge in [0.15, 0.2) is 17.4 Å². The summed E-state index contributed by atoms with van der Waals surface area (Å²) in [5.74, 6) is 2.44. The van der Waals surface area contributed by atoms with Crippen molar-refractivity contribution in [3.63, 3.8) is 0 Å². The number of benzene rings is 1. The minimum atomic E-state index is 0.532. The van der Waals surface area contributed by atoms with Gasteiger partial charge in [-0.05, 0) is 32.0 Å². The first-order valence-electron chi connectivity index (χ1n) is 8.83. The molecule has 0 amide bonds. The van der Waals surface area contributed by atoms with E-state index in [1.54, 1.807) is 0 Å². The summed E-state index contributed by atoms with van der Waals surface area (Å²) in [5.41, 5.74) is 1.89. The molecule has 2 N–H and O–H groups in total. The highest BCUT2D eigenvalue weighted by atomic mass is 16.5. The molecule has 0 unspecified atom stereocenters. The fraction of sp³-hybridized carbons (Fsp3) is 0.316. The van der Waals surface area contributed by atoms with E-state index in [1.807, 2.05) is 66.9 Å². The van der Waals surface area contributed by atoms with Gasteiger partial charge in [-0.15, -0.1) is 10.2 Å². The molecule has 0 bridgehead atoms. The van der Waals surface area contributed by atoms with Gasteiger partial charge in [-0.25, -0.2) is 4.99 Å². The third-order valence-electron chi connectivity index (χ3n) is 3.82. The van der Waals surface area contributed by atoms with E-state index in [2.05, 4.69) is 25.8 Å². The van der Waals surface area contributed by atoms with Crippen LogP contribution in [-0.4, -0.2) is 33.7 Å². The maximum Gasteiger partial charge on any atom is 0.191 e. The Morgan fingerprint density at radius 2 is 1.92 bits per heavy atom. The van der Waals surface area contributed by atoms with Crippen LogP contribution in [0.25, 0.3) is 5.65 Å². The van der Waals surface area contributed by atoms with Gasteiger partial charge in [0.25, 0.3) is 0 Å². The van der Waals surface area contributed by atoms with Crippen LogP contribution in [0.5, 0.6) is 5.75 Å². The highest BCUT2D eigenvalue weighted by molar-refractivity contribution is 5.79. The molecule has 0 fully saturated rings. The lowest BCUT2D eigenvalue weighted by Gasteiger charge is -2.12. The maximum absolute atomic E-state index is 5.66. The Hall–Kier alpha value is -3.09. The average Bonchev–Trinajstić information content (AvgIpc) is 3.08. The molecule has 136 valence electrons. The number of nitrogens with one attached hydrogen (secondary N) is 2. The van der Waals surface area contributed by atoms with Crippen molar-refractivity contribution in [1.29, 1.82) is 0 Å². The number of hydrogen-bond donors (Lipinski definition) is 2. The molecule has 2 heterocycles. The predicted octanol–water partition coefficient (Wildman–Crippen LogP) is 2.38. The molecule has 0 aliphatic carbocycles. The Bertz CT molecular complexity index is 873. The standard InChI is InChI=1S/C19H24N6O/c1-3-20-19(21-13-15-9-5-6-10-16(15)26-4-2)22-14-18-24-23-17-11-7-8-12-25(17)18/h5-12H,3-4,13-14H2,1-2H3,(H2,20,21,22). The molecule has 7 heteroatoms. The van der Waals surface area contributed by atoms with E-state index in [4.69, 9.17) is 4.74 Å². The van der Waals surface area contributed by atoms with E-state index in [-0.39, 0.29) is 0 Å². The average molecular weight is 352 g/mol. The van der Waals surface area contributed by atoms with Crippen molar-refractivity contribution < 1.29 is 4.74 Å². The Morgan fingerprint density at radius 1 is 1.08 bits per heavy atom. The molecule has 0 aliphatic heterocycles. The van der Waals surface area contributed by atoms with Crippen LogP contribution >= 0.6 is 0 Å². The number of aliphatic imine (C=N–C) groups is 1. The zero-order valence-corrected chi connectivity index (χ0v) is 15.1. The summed E-state index contributed by atoms with van der Waals surface area (Å²) < 4.78 is 7.62. The summed E-state index contributed by atoms with van der Waals surface area (Å²) in [4.78, 5) is 4.66. The summed E-state index contributed by atoms with van der Waals surface area (Å²) in [7, 11) is 0. The summed E-state index contributed by atoms with van der Waals surface area (Å²) in [6.07, 6.45) is 1.95. The smallest absolute Gasteiger partial charge is 0.191 e. The first-order chi connectivity index (χ1) is 12.8. The lowest BCUT2D eigenvalue weighted by atomic mass is 10.2. The van der Waals surface area contributed by atoms with Crippen molar-refractivity contribution in [3.8, 4) is 5.75 Å². The lowest BCUT2D eigenvalue weighted by Crippen LogP contribution is -2.37. The summed E-state index contributed by atoms with van der Waals surface area (Å²) in [6, 6.07) is 13.8. The highest BCUT2D eigenvalue weighted by Crippen LogP contribution is 2.18. The second-order valence-electron chi connectivity index (χ2n) is 5.63. The topological polar surface area (TPSA) is 75.8 Å². The van der Waals surface area contributed by atoms with Crippen LogP contribution in [0.2, 0.25) is 0 Å². The minimum Gasteiger partial charge on any atom is -0.494 e. The molecule has 7 nitrogen and oxygen atoms in total. The quantitative estimate of drug-likeness (QED) is 0.504. The Morgan fingerprint density at radius 3 is 2.77 bits per heavy atom. The number of nitrogens with zero attached hydrogens (tertiary/aromatic N) is 4. The van der Waals surface area contributed by atoms with E-state index < -0.39 is 0 Å². The van der Waals surface area contributed by atoms with Gasteiger partial charge in [0.2, 0.25) is 0 Å². The molecular formula is C19H24N6O. The Labute approximate surface area is 153 Å². The van der Waals surface area contributed by atoms with E-state index >= 15 is 0 Å². The Balaban J connectivity index is 1.70. The van der Waals surface area contributed by atoms with Gasteiger partial charge in [-0.2, -0.15) is 0 Å². The van der Waals surface area contributed by atoms with Gasteiger partial charge < -0.3 is 15.4 Å². The molecule has 0 saturated carbocycles. The number of fused-ring (bicyclic) bond motifs is 1. The Kier molecular flexibility index (Phi) is 6.03. The minimum absolute atomic E-state index is 0.532. The van der Waals surface area contributed by atoms with Crippen LogP contribution < -0.4 is 15.4 Å². The molecule has 0 atom stereocenters. The fourth-order valence-corrected chi connectivity index (χ4v) is 2.61. The van der Waals surface area contributed by atoms with Gasteiger partial charge in [-0.3, -0.25) is 4.40 Å². The summed E-state index contributed by atoms with van der Waals surface area (Å²) in [5, 5.41) is 15.0. The first-order valence-corrected chi connectivity index (χ1v) is 8.83. The second kappa shape index (κ2) is 8.84. The van der Waals surface area contributed by atoms with Crippen molar-refractivity contribution in [2.75, 3.05) is 13.2 Å². The van der Waals surface area contributed by atoms with Gasteiger partial charge in [0.1, 0.15) is 5.75 Å². The molecule has 0 aliphatic rings. The molecule has 26 heavy (non-hydrogen) atoms. The van der Waals surface area contributed by atoms with E-state index in [0.717, 1.165) is 35.3 Å². The van der Waals surface area contributed by atoms with E-state index in [1.165, 1.54) is 0 Å². The van der Waals surface area contributed by atoms with Gasteiger partial charge in [-0.1, -0.05) is 24.3 Å². The van der Waals surface area contributed by atoms with Crippen LogP contribution in [0, 0.1) is 0 Å². The molecular weight excluding hydrogens is 328 g/mol. The van der Waals surface area contributed by atoms with Crippen molar-refractivity contribution in [1.82, 2.24) is 25.2 Å². The van der Waals surface area contributed by atoms with E-state index in [9.17, 15) is 0 Å². The van der Waals surface area contributed by atoms with E-state index in [0.29, 0.717) is 19.7 Å². The largest absolute Gasteiger partial charge is 0.494 e. The highest BCUT2D eigenvalue weighted by Gasteiger charge is 2.06. The van der Waals surface area contributed by atoms with Crippen LogP contribution in [0.4, 0.5) is 0 Å². The normalized spacial score (nSPS) is 11.5. The SMILES string of the molecule is CCNC(=NCc1ccccc1OCC)NCc1nnc2ccccn12. The van der Waals surface area contributed by atoms with Crippen molar-refractivity contribution in [3.05, 3.63) is 60.0 Å². The lowest BCUT2D eigenvalue weighted by molar-refractivity contribution is 0.336. The number of para-hydroxylation sites is 1. The number of rotatable bonds is 7. The number of hydrogen-bond acceptors (Lipinski definition) is 4. The van der Waals surface area contributed by atoms with Crippen molar-refractivity contribution in [2.45, 2.75) is 26.9 Å². The van der Waals surface area contributed by atoms with Crippen LogP contribution in [0.1, 0.15) is 25.2 Å². The number of aromatic nitrogens is 3. The third kappa shape index (κ3) is 4.30. The first kappa shape index (κ1) is 17.7. The van der Waals surface area contributed by atoms with Crippen LogP contribution in [0.3, 0.4) is 0 Å². The number of ether oxygens (including phenoxy) is 1. The molecule has 0 spiro atoms. The summed E-state index contributed by atoms with van der Waals surface area (Å²) >= 11 is 0. The fourth-order valence-electron chi connectivity index (χ4n) is 2.61. The maximum atomic E-state index is 5.66. The van der Waals surface area contributed by atoms with Crippen LogP contribution in [-0.2, 0) is 13.1 Å². The van der Waals surface area contributed by atoms with Crippen molar-refractivity contribution >= 4 is 11.6 Å². The molecule has 0 radical (unpaired) electrons. The van der Waals surface area contributed by atoms with Crippen LogP contribution in [0.15, 0.2) is 53.7 Å². The molecule has 1 aromatic carbocycles. The predicted molar refractivity (Wildman–Crippen MR) is 102 cm³/mol. The zero-order valence-electron chi connectivity index (χ0n) is 15.1.